The molecule has 0 aromatic heterocycles. The van der Waals surface area contributed by atoms with E-state index in [1.165, 1.54) is 0 Å². The van der Waals surface area contributed by atoms with Crippen molar-refractivity contribution >= 4 is 0 Å². The van der Waals surface area contributed by atoms with Crippen LogP contribution in [0.3, 0.4) is 0 Å². The lowest BCUT2D eigenvalue weighted by atomic mass is 10.6. The zero-order valence-electron chi connectivity index (χ0n) is 5.78. The zero-order valence-corrected chi connectivity index (χ0v) is 5.78. The molecule has 3 heteroatoms. The van der Waals surface area contributed by atoms with E-state index in [2.05, 4.69) is 0 Å². The van der Waals surface area contributed by atoms with E-state index in [9.17, 15) is 0 Å². The van der Waals surface area contributed by atoms with Gasteiger partial charge in [0.25, 0.3) is 0 Å². The van der Waals surface area contributed by atoms with E-state index in [0.29, 0.717) is 0 Å². The van der Waals surface area contributed by atoms with Gasteiger partial charge in [-0.25, -0.2) is 0 Å². The van der Waals surface area contributed by atoms with E-state index in [-0.39, 0.29) is 6.23 Å². The highest BCUT2D eigenvalue weighted by molar-refractivity contribution is 4.88. The summed E-state index contributed by atoms with van der Waals surface area (Å²) < 4.78 is 0. The second kappa shape index (κ2) is 2.27. The summed E-state index contributed by atoms with van der Waals surface area (Å²) in [6.45, 7) is 2.54. The first-order chi connectivity index (χ1) is 4.20. The Kier molecular flexibility index (Phi) is 1.62. The molecule has 0 aliphatic carbocycles. The lowest BCUT2D eigenvalue weighted by Gasteiger charge is -2.20. The van der Waals surface area contributed by atoms with Crippen LogP contribution >= 0.6 is 0 Å². The molecule has 0 aromatic carbocycles. The van der Waals surface area contributed by atoms with E-state index in [1.54, 1.807) is 6.92 Å². The van der Waals surface area contributed by atoms with E-state index in [0.717, 1.165) is 6.67 Å². The summed E-state index contributed by atoms with van der Waals surface area (Å²) in [5.41, 5.74) is 0. The summed E-state index contributed by atoms with van der Waals surface area (Å²) in [5, 5.41) is 9.02. The summed E-state index contributed by atoms with van der Waals surface area (Å²) in [6.07, 6.45) is 3.45. The van der Waals surface area contributed by atoms with Crippen LogP contribution < -0.4 is 0 Å². The van der Waals surface area contributed by atoms with Crippen molar-refractivity contribution in [3.05, 3.63) is 12.4 Å². The molecule has 1 atom stereocenters. The van der Waals surface area contributed by atoms with Crippen molar-refractivity contribution in [3.8, 4) is 0 Å². The first-order valence-electron chi connectivity index (χ1n) is 3.02. The minimum Gasteiger partial charge on any atom is -0.374 e. The van der Waals surface area contributed by atoms with Gasteiger partial charge < -0.3 is 14.9 Å². The largest absolute Gasteiger partial charge is 0.374 e. The number of hydrogen-bond donors (Lipinski definition) is 1. The van der Waals surface area contributed by atoms with Gasteiger partial charge in [-0.15, -0.1) is 0 Å². The van der Waals surface area contributed by atoms with E-state index >= 15 is 0 Å². The lowest BCUT2D eigenvalue weighted by Crippen LogP contribution is -2.30. The molecule has 0 amide bonds. The third-order valence-corrected chi connectivity index (χ3v) is 1.38. The minimum absolute atomic E-state index is 0.369. The molecule has 0 aromatic rings. The molecule has 0 radical (unpaired) electrons. The average Bonchev–Trinajstić information content (AvgIpc) is 2.14. The number of rotatable bonds is 1. The monoisotopic (exact) mass is 128 g/mol. The molecule has 0 saturated heterocycles. The Bertz CT molecular complexity index is 122. The Morgan fingerprint density at radius 3 is 2.44 bits per heavy atom. The smallest absolute Gasteiger partial charge is 0.125 e. The third kappa shape index (κ3) is 1.36. The number of aliphatic hydroxyl groups excluding tert-OH is 1. The normalized spacial score (nSPS) is 21.2. The maximum atomic E-state index is 9.02. The molecule has 0 spiro atoms. The van der Waals surface area contributed by atoms with Gasteiger partial charge >= 0.3 is 0 Å². The predicted octanol–water partition coefficient (Wildman–Crippen LogP) is 0.000800. The number of aliphatic hydroxyl groups is 1. The quantitative estimate of drug-likeness (QED) is 0.538. The highest BCUT2D eigenvalue weighted by atomic mass is 16.3. The van der Waals surface area contributed by atoms with Gasteiger partial charge in [-0.2, -0.15) is 0 Å². The molecule has 1 aliphatic heterocycles. The first-order valence-corrected chi connectivity index (χ1v) is 3.02. The molecule has 0 fully saturated rings. The lowest BCUT2D eigenvalue weighted by molar-refractivity contribution is 0.0445. The standard InChI is InChI=1S/C6H12N2O/c1-6(9)8-4-3-7(2)5-8/h3-4,6,9H,5H2,1-2H3. The summed E-state index contributed by atoms with van der Waals surface area (Å²) >= 11 is 0. The molecule has 3 nitrogen and oxygen atoms in total. The summed E-state index contributed by atoms with van der Waals surface area (Å²) in [7, 11) is 1.97. The fraction of sp³-hybridized carbons (Fsp3) is 0.667. The Labute approximate surface area is 55.2 Å². The maximum absolute atomic E-state index is 9.02. The Morgan fingerprint density at radius 1 is 1.56 bits per heavy atom. The van der Waals surface area contributed by atoms with Crippen LogP contribution in [0.4, 0.5) is 0 Å². The molecular weight excluding hydrogens is 116 g/mol. The van der Waals surface area contributed by atoms with Crippen LogP contribution in [-0.2, 0) is 0 Å². The van der Waals surface area contributed by atoms with Crippen LogP contribution in [0.5, 0.6) is 0 Å². The summed E-state index contributed by atoms with van der Waals surface area (Å²) in [5.74, 6) is 0. The van der Waals surface area contributed by atoms with Crippen LogP contribution in [0.1, 0.15) is 6.92 Å². The van der Waals surface area contributed by atoms with Gasteiger partial charge in [-0.05, 0) is 6.92 Å². The third-order valence-electron chi connectivity index (χ3n) is 1.38. The van der Waals surface area contributed by atoms with Crippen molar-refractivity contribution in [2.75, 3.05) is 13.7 Å². The van der Waals surface area contributed by atoms with E-state index in [4.69, 9.17) is 5.11 Å². The fourth-order valence-electron chi connectivity index (χ4n) is 0.794. The average molecular weight is 128 g/mol. The highest BCUT2D eigenvalue weighted by Crippen LogP contribution is 2.05. The topological polar surface area (TPSA) is 26.7 Å². The van der Waals surface area contributed by atoms with Crippen LogP contribution in [0.25, 0.3) is 0 Å². The Balaban J connectivity index is 2.41. The Morgan fingerprint density at radius 2 is 2.22 bits per heavy atom. The van der Waals surface area contributed by atoms with E-state index < -0.39 is 0 Å². The molecule has 0 saturated carbocycles. The van der Waals surface area contributed by atoms with Crippen molar-refractivity contribution in [2.24, 2.45) is 0 Å². The molecule has 1 aliphatic rings. The van der Waals surface area contributed by atoms with Crippen molar-refractivity contribution in [3.63, 3.8) is 0 Å². The highest BCUT2D eigenvalue weighted by Gasteiger charge is 2.11. The SMILES string of the molecule is CC(O)N1C=CN(C)C1. The van der Waals surface area contributed by atoms with Crippen LogP contribution in [0.2, 0.25) is 0 Å². The molecular formula is C6H12N2O. The van der Waals surface area contributed by atoms with Crippen molar-refractivity contribution < 1.29 is 5.11 Å². The molecule has 1 unspecified atom stereocenters. The van der Waals surface area contributed by atoms with Crippen LogP contribution in [0.15, 0.2) is 12.4 Å². The van der Waals surface area contributed by atoms with E-state index in [1.807, 2.05) is 29.2 Å². The molecule has 0 bridgehead atoms. The van der Waals surface area contributed by atoms with Gasteiger partial charge in [0.05, 0.1) is 6.67 Å². The second-order valence-corrected chi connectivity index (χ2v) is 2.34. The van der Waals surface area contributed by atoms with Gasteiger partial charge in [0.1, 0.15) is 6.23 Å². The summed E-state index contributed by atoms with van der Waals surface area (Å²) in [4.78, 5) is 3.85. The molecule has 9 heavy (non-hydrogen) atoms. The van der Waals surface area contributed by atoms with Gasteiger partial charge in [0.2, 0.25) is 0 Å². The van der Waals surface area contributed by atoms with Crippen LogP contribution in [-0.4, -0.2) is 34.9 Å². The maximum Gasteiger partial charge on any atom is 0.125 e. The fourth-order valence-corrected chi connectivity index (χ4v) is 0.794. The first kappa shape index (κ1) is 6.42. The molecule has 1 heterocycles. The van der Waals surface area contributed by atoms with Crippen molar-refractivity contribution in [2.45, 2.75) is 13.2 Å². The molecule has 1 N–H and O–H groups in total. The number of hydrogen-bond acceptors (Lipinski definition) is 3. The predicted molar refractivity (Wildman–Crippen MR) is 35.3 cm³/mol. The summed E-state index contributed by atoms with van der Waals surface area (Å²) in [6, 6.07) is 0. The molecule has 1 rings (SSSR count). The van der Waals surface area contributed by atoms with Crippen LogP contribution in [0, 0.1) is 0 Å². The van der Waals surface area contributed by atoms with Crippen molar-refractivity contribution in [1.29, 1.82) is 0 Å². The number of nitrogens with zero attached hydrogens (tertiary/aromatic N) is 2. The second-order valence-electron chi connectivity index (χ2n) is 2.34. The molecule has 52 valence electrons. The van der Waals surface area contributed by atoms with Gasteiger partial charge in [0, 0.05) is 19.4 Å². The Hall–Kier alpha value is -0.700. The minimum atomic E-state index is -0.369. The zero-order chi connectivity index (χ0) is 6.85. The van der Waals surface area contributed by atoms with Gasteiger partial charge in [-0.1, -0.05) is 0 Å². The van der Waals surface area contributed by atoms with Crippen molar-refractivity contribution in [1.82, 2.24) is 9.80 Å². The van der Waals surface area contributed by atoms with Gasteiger partial charge in [0.15, 0.2) is 0 Å². The van der Waals surface area contributed by atoms with Gasteiger partial charge in [-0.3, -0.25) is 0 Å².